The zero-order chi connectivity index (χ0) is 28.2. The van der Waals surface area contributed by atoms with E-state index in [0.717, 1.165) is 35.6 Å². The van der Waals surface area contributed by atoms with E-state index in [9.17, 15) is 9.59 Å². The number of piperazine rings is 1. The minimum atomic E-state index is -0.489. The van der Waals surface area contributed by atoms with Gasteiger partial charge in [0, 0.05) is 53.7 Å². The number of nitrogens with zero attached hydrogens (tertiary/aromatic N) is 2. The van der Waals surface area contributed by atoms with E-state index in [2.05, 4.69) is 15.5 Å². The van der Waals surface area contributed by atoms with Crippen LogP contribution in [0.3, 0.4) is 0 Å². The second kappa shape index (κ2) is 12.1. The summed E-state index contributed by atoms with van der Waals surface area (Å²) in [6.45, 7) is 4.75. The van der Waals surface area contributed by atoms with Crippen molar-refractivity contribution in [2.75, 3.05) is 36.4 Å². The number of amides is 2. The van der Waals surface area contributed by atoms with Crippen LogP contribution in [0.25, 0.3) is 11.3 Å². The molecule has 0 radical (unpaired) electrons. The number of aryl methyl sites for hydroxylation is 1. The maximum absolute atomic E-state index is 12.9. The molecule has 5 rings (SSSR count). The predicted molar refractivity (Wildman–Crippen MR) is 164 cm³/mol. The molecule has 7 nitrogen and oxygen atoms in total. The molecule has 0 saturated carbocycles. The van der Waals surface area contributed by atoms with Crippen molar-refractivity contribution < 1.29 is 14.0 Å². The van der Waals surface area contributed by atoms with Gasteiger partial charge in [-0.1, -0.05) is 41.4 Å². The average Bonchev–Trinajstić information content (AvgIpc) is 3.45. The summed E-state index contributed by atoms with van der Waals surface area (Å²) in [5.41, 5.74) is 4.11. The first kappa shape index (κ1) is 27.7. The Balaban J connectivity index is 1.13. The van der Waals surface area contributed by atoms with Crippen molar-refractivity contribution in [3.8, 4) is 11.3 Å². The lowest BCUT2D eigenvalue weighted by atomic mass is 10.1. The normalized spacial score (nSPS) is 13.2. The van der Waals surface area contributed by atoms with Crippen LogP contribution in [0, 0.1) is 6.92 Å². The molecule has 40 heavy (non-hydrogen) atoms. The van der Waals surface area contributed by atoms with Gasteiger partial charge in [-0.2, -0.15) is 0 Å². The molecule has 0 atom stereocenters. The number of furan rings is 1. The van der Waals surface area contributed by atoms with E-state index in [1.165, 1.54) is 0 Å². The molecule has 1 saturated heterocycles. The first-order chi connectivity index (χ1) is 19.3. The van der Waals surface area contributed by atoms with Gasteiger partial charge in [0.05, 0.1) is 5.02 Å². The highest BCUT2D eigenvalue weighted by atomic mass is 35.5. The molecule has 0 spiro atoms. The van der Waals surface area contributed by atoms with Crippen molar-refractivity contribution in [2.24, 2.45) is 0 Å². The Labute approximate surface area is 247 Å². The second-order valence-corrected chi connectivity index (χ2v) is 10.6. The van der Waals surface area contributed by atoms with Crippen molar-refractivity contribution in [3.05, 3.63) is 106 Å². The summed E-state index contributed by atoms with van der Waals surface area (Å²) in [6, 6.07) is 23.7. The zero-order valence-corrected chi connectivity index (χ0v) is 23.9. The monoisotopic (exact) mass is 592 g/mol. The molecule has 0 bridgehead atoms. The Morgan fingerprint density at radius 2 is 1.62 bits per heavy atom. The largest absolute Gasteiger partial charge is 0.451 e. The summed E-state index contributed by atoms with van der Waals surface area (Å²) in [6.07, 6.45) is 0. The number of halogens is 2. The number of carbonyl (C=O) groups excluding carboxylic acids is 2. The summed E-state index contributed by atoms with van der Waals surface area (Å²) in [7, 11) is 0. The Hall–Kier alpha value is -3.85. The first-order valence-corrected chi connectivity index (χ1v) is 13.8. The fourth-order valence-corrected chi connectivity index (χ4v) is 5.12. The Morgan fingerprint density at radius 1 is 0.900 bits per heavy atom. The van der Waals surface area contributed by atoms with Gasteiger partial charge < -0.3 is 19.5 Å². The van der Waals surface area contributed by atoms with Crippen molar-refractivity contribution in [1.82, 2.24) is 10.2 Å². The number of hydrogen-bond donors (Lipinski definition) is 2. The Kier molecular flexibility index (Phi) is 8.40. The second-order valence-electron chi connectivity index (χ2n) is 9.34. The van der Waals surface area contributed by atoms with Crippen LogP contribution in [-0.4, -0.2) is 48.0 Å². The summed E-state index contributed by atoms with van der Waals surface area (Å²) in [4.78, 5) is 29.7. The zero-order valence-electron chi connectivity index (χ0n) is 21.6. The van der Waals surface area contributed by atoms with Crippen LogP contribution in [0.4, 0.5) is 11.4 Å². The molecule has 2 N–H and O–H groups in total. The molecule has 0 unspecified atom stereocenters. The van der Waals surface area contributed by atoms with Crippen LogP contribution in [0.2, 0.25) is 10.0 Å². The van der Waals surface area contributed by atoms with E-state index in [-0.39, 0.29) is 16.8 Å². The average molecular weight is 594 g/mol. The highest BCUT2D eigenvalue weighted by molar-refractivity contribution is 7.80. The maximum Gasteiger partial charge on any atom is 0.293 e. The summed E-state index contributed by atoms with van der Waals surface area (Å²) in [5.74, 6) is 0.0987. The van der Waals surface area contributed by atoms with Crippen LogP contribution >= 0.6 is 35.4 Å². The number of benzene rings is 3. The standard InChI is InChI=1S/C30H26Cl2N4O3S/c1-19-4-2-3-5-23(19)29(38)36-16-14-35(15-17-36)22-9-7-21(8-10-22)33-30(40)34-28(37)27-13-12-26(39-27)24-18-20(31)6-11-25(24)32/h2-13,18H,14-17H2,1H3,(H2,33,34,37,40). The lowest BCUT2D eigenvalue weighted by molar-refractivity contribution is 0.0746. The third-order valence-electron chi connectivity index (χ3n) is 6.68. The van der Waals surface area contributed by atoms with Gasteiger partial charge in [-0.25, -0.2) is 0 Å². The van der Waals surface area contributed by atoms with Gasteiger partial charge in [-0.15, -0.1) is 0 Å². The lowest BCUT2D eigenvalue weighted by Gasteiger charge is -2.36. The molecule has 1 aliphatic heterocycles. The van der Waals surface area contributed by atoms with Gasteiger partial charge in [-0.3, -0.25) is 14.9 Å². The maximum atomic E-state index is 12.9. The van der Waals surface area contributed by atoms with E-state index >= 15 is 0 Å². The van der Waals surface area contributed by atoms with Crippen LogP contribution in [0.15, 0.2) is 83.3 Å². The van der Waals surface area contributed by atoms with E-state index in [1.54, 1.807) is 30.3 Å². The van der Waals surface area contributed by atoms with Gasteiger partial charge in [0.1, 0.15) is 5.76 Å². The summed E-state index contributed by atoms with van der Waals surface area (Å²) < 4.78 is 5.68. The number of carbonyl (C=O) groups is 2. The molecule has 1 fully saturated rings. The molecule has 2 amide bonds. The van der Waals surface area contributed by atoms with E-state index in [0.29, 0.717) is 34.5 Å². The van der Waals surface area contributed by atoms with Crippen LogP contribution in [-0.2, 0) is 0 Å². The number of hydrogen-bond acceptors (Lipinski definition) is 5. The molecule has 3 aromatic carbocycles. The minimum absolute atomic E-state index is 0.0758. The van der Waals surface area contributed by atoms with Crippen molar-refractivity contribution in [3.63, 3.8) is 0 Å². The summed E-state index contributed by atoms with van der Waals surface area (Å²) >= 11 is 17.6. The van der Waals surface area contributed by atoms with Crippen LogP contribution in [0.5, 0.6) is 0 Å². The topological polar surface area (TPSA) is 77.8 Å². The quantitative estimate of drug-likeness (QED) is 0.253. The smallest absolute Gasteiger partial charge is 0.293 e. The molecule has 0 aliphatic carbocycles. The molecule has 1 aliphatic rings. The Bertz CT molecular complexity index is 1560. The highest BCUT2D eigenvalue weighted by Crippen LogP contribution is 2.32. The fraction of sp³-hybridized carbons (Fsp3) is 0.167. The molecule has 10 heteroatoms. The number of thiocarbonyl (C=S) groups is 1. The molecule has 204 valence electrons. The van der Waals surface area contributed by atoms with Crippen LogP contribution in [0.1, 0.15) is 26.5 Å². The fourth-order valence-electron chi connectivity index (χ4n) is 4.52. The van der Waals surface area contributed by atoms with E-state index in [4.69, 9.17) is 39.8 Å². The highest BCUT2D eigenvalue weighted by Gasteiger charge is 2.23. The molecular formula is C30H26Cl2N4O3S. The van der Waals surface area contributed by atoms with E-state index in [1.807, 2.05) is 60.4 Å². The number of rotatable bonds is 5. The minimum Gasteiger partial charge on any atom is -0.451 e. The third-order valence-corrected chi connectivity index (χ3v) is 7.45. The van der Waals surface area contributed by atoms with Crippen molar-refractivity contribution in [2.45, 2.75) is 6.92 Å². The third kappa shape index (κ3) is 6.31. The number of nitrogens with one attached hydrogen (secondary N) is 2. The summed E-state index contributed by atoms with van der Waals surface area (Å²) in [5, 5.41) is 6.76. The number of anilines is 2. The van der Waals surface area contributed by atoms with E-state index < -0.39 is 5.91 Å². The van der Waals surface area contributed by atoms with Gasteiger partial charge in [0.25, 0.3) is 11.8 Å². The van der Waals surface area contributed by atoms with Crippen LogP contribution < -0.4 is 15.5 Å². The first-order valence-electron chi connectivity index (χ1n) is 12.7. The van der Waals surface area contributed by atoms with Crippen molar-refractivity contribution >= 4 is 63.7 Å². The molecule has 4 aromatic rings. The van der Waals surface area contributed by atoms with Gasteiger partial charge in [-0.05, 0) is 85.4 Å². The lowest BCUT2D eigenvalue weighted by Crippen LogP contribution is -2.48. The van der Waals surface area contributed by atoms with Gasteiger partial charge in [0.15, 0.2) is 10.9 Å². The molecule has 2 heterocycles. The van der Waals surface area contributed by atoms with Crippen molar-refractivity contribution in [1.29, 1.82) is 0 Å². The Morgan fingerprint density at radius 3 is 2.35 bits per heavy atom. The SMILES string of the molecule is Cc1ccccc1C(=O)N1CCN(c2ccc(NC(=S)NC(=O)c3ccc(-c4cc(Cl)ccc4Cl)o3)cc2)CC1. The predicted octanol–water partition coefficient (Wildman–Crippen LogP) is 6.65. The van der Waals surface area contributed by atoms with Gasteiger partial charge >= 0.3 is 0 Å². The van der Waals surface area contributed by atoms with Gasteiger partial charge in [0.2, 0.25) is 0 Å². The molecule has 1 aromatic heterocycles. The molecular weight excluding hydrogens is 567 g/mol.